The Balaban J connectivity index is 1.63. The van der Waals surface area contributed by atoms with Crippen LogP contribution < -0.4 is 4.90 Å². The summed E-state index contributed by atoms with van der Waals surface area (Å²) < 4.78 is 15.9. The molecule has 1 aliphatic heterocycles. The summed E-state index contributed by atoms with van der Waals surface area (Å²) in [7, 11) is 0. The van der Waals surface area contributed by atoms with Crippen molar-refractivity contribution < 1.29 is 4.39 Å². The second-order valence-electron chi connectivity index (χ2n) is 5.27. The van der Waals surface area contributed by atoms with Crippen LogP contribution in [0.5, 0.6) is 0 Å². The average molecular weight is 283 g/mol. The lowest BCUT2D eigenvalue weighted by Gasteiger charge is -2.41. The van der Waals surface area contributed by atoms with Crippen LogP contribution in [0.25, 0.3) is 11.0 Å². The zero-order valence-corrected chi connectivity index (χ0v) is 11.6. The molecule has 0 amide bonds. The second kappa shape index (κ2) is 4.51. The highest BCUT2D eigenvalue weighted by atomic mass is 19.1. The minimum Gasteiger partial charge on any atom is -0.350 e. The molecule has 1 aliphatic rings. The Morgan fingerprint density at radius 3 is 2.86 bits per heavy atom. The number of imidazole rings is 1. The van der Waals surface area contributed by atoms with E-state index in [1.54, 1.807) is 0 Å². The number of hydrogen-bond acceptors (Lipinski definition) is 4. The van der Waals surface area contributed by atoms with Crippen molar-refractivity contribution in [2.45, 2.75) is 13.0 Å². The number of para-hydroxylation sites is 2. The highest BCUT2D eigenvalue weighted by Gasteiger charge is 2.32. The summed E-state index contributed by atoms with van der Waals surface area (Å²) in [5.41, 5.74) is 2.13. The molecule has 1 saturated heterocycles. The molecule has 1 fully saturated rings. The largest absolute Gasteiger partial charge is 0.350 e. The smallest absolute Gasteiger partial charge is 0.183 e. The van der Waals surface area contributed by atoms with E-state index in [1.165, 1.54) is 12.5 Å². The fourth-order valence-electron chi connectivity index (χ4n) is 2.96. The Morgan fingerprint density at radius 1 is 1.24 bits per heavy atom. The van der Waals surface area contributed by atoms with Gasteiger partial charge in [-0.3, -0.25) is 0 Å². The van der Waals surface area contributed by atoms with Crippen molar-refractivity contribution in [1.82, 2.24) is 19.5 Å². The van der Waals surface area contributed by atoms with Gasteiger partial charge in [0.1, 0.15) is 12.2 Å². The van der Waals surface area contributed by atoms with Gasteiger partial charge in [0.05, 0.1) is 23.3 Å². The quantitative estimate of drug-likeness (QED) is 0.724. The molecule has 0 saturated carbocycles. The first kappa shape index (κ1) is 12.3. The summed E-state index contributed by atoms with van der Waals surface area (Å²) >= 11 is 0. The number of aromatic nitrogens is 4. The summed E-state index contributed by atoms with van der Waals surface area (Å²) in [6, 6.07) is 8.39. The highest BCUT2D eigenvalue weighted by Crippen LogP contribution is 2.31. The minimum atomic E-state index is -0.372. The molecular weight excluding hydrogens is 269 g/mol. The molecule has 1 aromatic carbocycles. The second-order valence-corrected chi connectivity index (χ2v) is 5.27. The molecule has 6 heteroatoms. The van der Waals surface area contributed by atoms with Crippen molar-refractivity contribution in [3.05, 3.63) is 48.4 Å². The van der Waals surface area contributed by atoms with E-state index in [4.69, 9.17) is 0 Å². The molecule has 5 nitrogen and oxygen atoms in total. The first-order chi connectivity index (χ1) is 10.2. The van der Waals surface area contributed by atoms with E-state index < -0.39 is 0 Å². The molecule has 4 rings (SSSR count). The van der Waals surface area contributed by atoms with E-state index in [-0.39, 0.29) is 5.82 Å². The van der Waals surface area contributed by atoms with Crippen LogP contribution in [0.2, 0.25) is 0 Å². The zero-order valence-electron chi connectivity index (χ0n) is 11.6. The first-order valence-electron chi connectivity index (χ1n) is 6.88. The molecule has 0 aliphatic carbocycles. The molecule has 106 valence electrons. The summed E-state index contributed by atoms with van der Waals surface area (Å²) in [5.74, 6) is 0.996. The van der Waals surface area contributed by atoms with Crippen LogP contribution in [0, 0.1) is 12.7 Å². The third-order valence-corrected chi connectivity index (χ3v) is 3.95. The lowest BCUT2D eigenvalue weighted by atomic mass is 10.1. The number of rotatable bonds is 2. The number of benzene rings is 1. The van der Waals surface area contributed by atoms with Crippen molar-refractivity contribution >= 4 is 16.9 Å². The van der Waals surface area contributed by atoms with Crippen molar-refractivity contribution in [3.8, 4) is 0 Å². The van der Waals surface area contributed by atoms with Crippen molar-refractivity contribution in [2.24, 2.45) is 0 Å². The third kappa shape index (κ3) is 1.86. The summed E-state index contributed by atoms with van der Waals surface area (Å²) in [5, 5.41) is 0. The molecule has 2 aromatic heterocycles. The third-order valence-electron chi connectivity index (χ3n) is 3.95. The Bertz CT molecular complexity index is 807. The Labute approximate surface area is 121 Å². The highest BCUT2D eigenvalue weighted by molar-refractivity contribution is 5.76. The van der Waals surface area contributed by atoms with Gasteiger partial charge in [-0.25, -0.2) is 19.3 Å². The van der Waals surface area contributed by atoms with E-state index in [0.29, 0.717) is 11.9 Å². The number of fused-ring (bicyclic) bond motifs is 1. The van der Waals surface area contributed by atoms with E-state index in [0.717, 1.165) is 29.9 Å². The minimum absolute atomic E-state index is 0.298. The molecular formula is C15H14FN5. The maximum Gasteiger partial charge on any atom is 0.183 e. The van der Waals surface area contributed by atoms with Crippen LogP contribution in [0.4, 0.5) is 10.2 Å². The molecule has 21 heavy (non-hydrogen) atoms. The zero-order chi connectivity index (χ0) is 14.4. The van der Waals surface area contributed by atoms with Crippen LogP contribution in [0.15, 0.2) is 36.8 Å². The van der Waals surface area contributed by atoms with Gasteiger partial charge in [-0.2, -0.15) is 0 Å². The summed E-state index contributed by atoms with van der Waals surface area (Å²) in [6.45, 7) is 3.47. The van der Waals surface area contributed by atoms with Gasteiger partial charge >= 0.3 is 0 Å². The van der Waals surface area contributed by atoms with Crippen molar-refractivity contribution in [2.75, 3.05) is 18.0 Å². The number of halogens is 1. The summed E-state index contributed by atoms with van der Waals surface area (Å²) in [4.78, 5) is 14.2. The molecule has 3 heterocycles. The number of nitrogens with zero attached hydrogens (tertiary/aromatic N) is 5. The lowest BCUT2D eigenvalue weighted by molar-refractivity contribution is 0.393. The van der Waals surface area contributed by atoms with Gasteiger partial charge in [-0.15, -0.1) is 0 Å². The van der Waals surface area contributed by atoms with Gasteiger partial charge in [0.25, 0.3) is 0 Å². The van der Waals surface area contributed by atoms with Gasteiger partial charge in [0.2, 0.25) is 0 Å². The predicted octanol–water partition coefficient (Wildman–Crippen LogP) is 2.34. The monoisotopic (exact) mass is 283 g/mol. The first-order valence-corrected chi connectivity index (χ1v) is 6.88. The molecule has 0 unspecified atom stereocenters. The molecule has 0 spiro atoms. The van der Waals surface area contributed by atoms with Crippen LogP contribution in [-0.4, -0.2) is 32.6 Å². The van der Waals surface area contributed by atoms with Gasteiger partial charge in [-0.05, 0) is 19.1 Å². The summed E-state index contributed by atoms with van der Waals surface area (Å²) in [6.07, 6.45) is 2.58. The van der Waals surface area contributed by atoms with Gasteiger partial charge in [-0.1, -0.05) is 12.1 Å². The Hall–Kier alpha value is -2.50. The fraction of sp³-hybridized carbons (Fsp3) is 0.267. The van der Waals surface area contributed by atoms with Gasteiger partial charge < -0.3 is 9.47 Å². The maximum absolute atomic E-state index is 13.7. The SMILES string of the molecule is Cc1nc2ccccc2n1C1CN(c2ncncc2F)C1. The molecule has 3 aromatic rings. The topological polar surface area (TPSA) is 46.8 Å². The number of aryl methyl sites for hydroxylation is 1. The van der Waals surface area contributed by atoms with E-state index >= 15 is 0 Å². The molecule has 0 N–H and O–H groups in total. The molecule has 0 atom stereocenters. The normalized spacial score (nSPS) is 15.4. The van der Waals surface area contributed by atoms with Crippen LogP contribution in [-0.2, 0) is 0 Å². The average Bonchev–Trinajstić information content (AvgIpc) is 2.76. The number of anilines is 1. The fourth-order valence-corrected chi connectivity index (χ4v) is 2.96. The van der Waals surface area contributed by atoms with E-state index in [1.807, 2.05) is 30.0 Å². The van der Waals surface area contributed by atoms with Gasteiger partial charge in [0, 0.05) is 13.1 Å². The molecule has 0 radical (unpaired) electrons. The lowest BCUT2D eigenvalue weighted by Crippen LogP contribution is -2.48. The standard InChI is InChI=1S/C15H14FN5/c1-10-19-13-4-2-3-5-14(13)21(10)11-7-20(8-11)15-12(16)6-17-9-18-15/h2-6,9,11H,7-8H2,1H3. The van der Waals surface area contributed by atoms with Crippen LogP contribution >= 0.6 is 0 Å². The van der Waals surface area contributed by atoms with Crippen molar-refractivity contribution in [1.29, 1.82) is 0 Å². The maximum atomic E-state index is 13.7. The van der Waals surface area contributed by atoms with E-state index in [2.05, 4.69) is 25.6 Å². The van der Waals surface area contributed by atoms with E-state index in [9.17, 15) is 4.39 Å². The van der Waals surface area contributed by atoms with Crippen molar-refractivity contribution in [3.63, 3.8) is 0 Å². The molecule has 0 bridgehead atoms. The van der Waals surface area contributed by atoms with Crippen LogP contribution in [0.1, 0.15) is 11.9 Å². The van der Waals surface area contributed by atoms with Crippen LogP contribution in [0.3, 0.4) is 0 Å². The Morgan fingerprint density at radius 2 is 2.05 bits per heavy atom. The number of hydrogen-bond donors (Lipinski definition) is 0. The van der Waals surface area contributed by atoms with Gasteiger partial charge in [0.15, 0.2) is 11.6 Å². The predicted molar refractivity (Wildman–Crippen MR) is 77.7 cm³/mol. The Kier molecular flexibility index (Phi) is 2.63.